The van der Waals surface area contributed by atoms with E-state index in [9.17, 15) is 9.59 Å². The molecular formula is C23H28N2O3. The standard InChI is InChI=1S/C23H28N2O3/c1-6-17-8-7-9-18-14-19(10-11-20(17)18)21(26)25-13-12-24(15-16(25)2)22(27)28-23(3,4)5/h6-11,14,16H,1,12-13,15H2,2-5H3/t16-/m1/s1. The molecule has 5 nitrogen and oxygen atoms in total. The van der Waals surface area contributed by atoms with Gasteiger partial charge in [-0.25, -0.2) is 4.79 Å². The van der Waals surface area contributed by atoms with Gasteiger partial charge in [-0.3, -0.25) is 4.79 Å². The van der Waals surface area contributed by atoms with Crippen LogP contribution in [0.15, 0.2) is 43.0 Å². The van der Waals surface area contributed by atoms with Crippen LogP contribution in [0.25, 0.3) is 16.8 Å². The van der Waals surface area contributed by atoms with E-state index in [0.29, 0.717) is 25.2 Å². The molecule has 28 heavy (non-hydrogen) atoms. The van der Waals surface area contributed by atoms with Gasteiger partial charge in [0.1, 0.15) is 5.60 Å². The average molecular weight is 380 g/mol. The Morgan fingerprint density at radius 3 is 2.57 bits per heavy atom. The van der Waals surface area contributed by atoms with Crippen LogP contribution in [0.5, 0.6) is 0 Å². The summed E-state index contributed by atoms with van der Waals surface area (Å²) in [5.74, 6) is -0.0118. The highest BCUT2D eigenvalue weighted by molar-refractivity contribution is 6.00. The molecule has 2 aromatic carbocycles. The summed E-state index contributed by atoms with van der Waals surface area (Å²) >= 11 is 0. The first-order valence-corrected chi connectivity index (χ1v) is 9.64. The van der Waals surface area contributed by atoms with Gasteiger partial charge in [0, 0.05) is 31.2 Å². The zero-order valence-corrected chi connectivity index (χ0v) is 17.1. The Hall–Kier alpha value is -2.82. The van der Waals surface area contributed by atoms with Gasteiger partial charge in [0.15, 0.2) is 0 Å². The Morgan fingerprint density at radius 1 is 1.18 bits per heavy atom. The predicted molar refractivity (Wildman–Crippen MR) is 112 cm³/mol. The first-order valence-electron chi connectivity index (χ1n) is 9.64. The number of hydrogen-bond donors (Lipinski definition) is 0. The molecule has 148 valence electrons. The van der Waals surface area contributed by atoms with Crippen molar-refractivity contribution in [2.75, 3.05) is 19.6 Å². The molecule has 0 aliphatic carbocycles. The third kappa shape index (κ3) is 4.19. The van der Waals surface area contributed by atoms with Gasteiger partial charge in [0.05, 0.1) is 0 Å². The Labute approximate surface area is 166 Å². The molecule has 0 aromatic heterocycles. The summed E-state index contributed by atoms with van der Waals surface area (Å²) in [5, 5.41) is 2.10. The number of ether oxygens (including phenoxy) is 1. The minimum Gasteiger partial charge on any atom is -0.444 e. The van der Waals surface area contributed by atoms with E-state index in [1.807, 2.05) is 75.1 Å². The minimum absolute atomic E-state index is 0.0118. The van der Waals surface area contributed by atoms with Crippen molar-refractivity contribution in [1.82, 2.24) is 9.80 Å². The van der Waals surface area contributed by atoms with Crippen LogP contribution in [0.4, 0.5) is 4.79 Å². The normalized spacial score (nSPS) is 17.5. The molecule has 1 aliphatic rings. The number of carbonyl (C=O) groups is 2. The maximum atomic E-state index is 13.1. The van der Waals surface area contributed by atoms with Gasteiger partial charge < -0.3 is 14.5 Å². The van der Waals surface area contributed by atoms with Crippen LogP contribution in [-0.2, 0) is 4.74 Å². The van der Waals surface area contributed by atoms with Gasteiger partial charge in [-0.2, -0.15) is 0 Å². The molecule has 2 amide bonds. The molecule has 5 heteroatoms. The summed E-state index contributed by atoms with van der Waals surface area (Å²) in [6.45, 7) is 12.8. The van der Waals surface area contributed by atoms with Crippen LogP contribution >= 0.6 is 0 Å². The Balaban J connectivity index is 1.74. The lowest BCUT2D eigenvalue weighted by molar-refractivity contribution is 0.00617. The van der Waals surface area contributed by atoms with E-state index in [2.05, 4.69) is 6.58 Å². The van der Waals surface area contributed by atoms with Gasteiger partial charge in [-0.05, 0) is 56.2 Å². The van der Waals surface area contributed by atoms with Crippen LogP contribution in [0, 0.1) is 0 Å². The van der Waals surface area contributed by atoms with E-state index in [1.165, 1.54) is 0 Å². The number of amides is 2. The monoisotopic (exact) mass is 380 g/mol. The van der Waals surface area contributed by atoms with Crippen molar-refractivity contribution in [1.29, 1.82) is 0 Å². The van der Waals surface area contributed by atoms with Gasteiger partial charge in [-0.15, -0.1) is 0 Å². The second-order valence-electron chi connectivity index (χ2n) is 8.26. The van der Waals surface area contributed by atoms with Crippen molar-refractivity contribution in [3.05, 3.63) is 54.1 Å². The number of fused-ring (bicyclic) bond motifs is 1. The number of piperazine rings is 1. The molecule has 2 aromatic rings. The third-order valence-electron chi connectivity index (χ3n) is 4.92. The zero-order valence-electron chi connectivity index (χ0n) is 17.1. The lowest BCUT2D eigenvalue weighted by atomic mass is 10.0. The van der Waals surface area contributed by atoms with Crippen molar-refractivity contribution in [3.8, 4) is 0 Å². The van der Waals surface area contributed by atoms with Gasteiger partial charge in [0.25, 0.3) is 5.91 Å². The lowest BCUT2D eigenvalue weighted by Crippen LogP contribution is -2.56. The molecule has 0 saturated carbocycles. The van der Waals surface area contributed by atoms with E-state index >= 15 is 0 Å². The highest BCUT2D eigenvalue weighted by Gasteiger charge is 2.32. The second-order valence-corrected chi connectivity index (χ2v) is 8.26. The number of benzene rings is 2. The van der Waals surface area contributed by atoms with Crippen LogP contribution < -0.4 is 0 Å². The summed E-state index contributed by atoms with van der Waals surface area (Å²) in [4.78, 5) is 28.9. The Kier molecular flexibility index (Phi) is 5.45. The molecule has 0 unspecified atom stereocenters. The molecule has 0 bridgehead atoms. The van der Waals surface area contributed by atoms with Crippen LogP contribution in [0.3, 0.4) is 0 Å². The maximum Gasteiger partial charge on any atom is 0.410 e. The van der Waals surface area contributed by atoms with Crippen molar-refractivity contribution in [2.45, 2.75) is 39.3 Å². The van der Waals surface area contributed by atoms with Gasteiger partial charge in [0.2, 0.25) is 0 Å². The zero-order chi connectivity index (χ0) is 20.5. The van der Waals surface area contributed by atoms with Gasteiger partial charge >= 0.3 is 6.09 Å². The van der Waals surface area contributed by atoms with Crippen molar-refractivity contribution in [3.63, 3.8) is 0 Å². The van der Waals surface area contributed by atoms with Crippen LogP contribution in [0.2, 0.25) is 0 Å². The Bertz CT molecular complexity index is 914. The second kappa shape index (κ2) is 7.66. The third-order valence-corrected chi connectivity index (χ3v) is 4.92. The fraction of sp³-hybridized carbons (Fsp3) is 0.391. The molecule has 0 N–H and O–H groups in total. The van der Waals surface area contributed by atoms with E-state index < -0.39 is 5.60 Å². The number of carbonyl (C=O) groups excluding carboxylic acids is 2. The fourth-order valence-corrected chi connectivity index (χ4v) is 3.54. The number of rotatable bonds is 2. The first kappa shape index (κ1) is 19.9. The first-order chi connectivity index (χ1) is 13.2. The molecule has 1 atom stereocenters. The van der Waals surface area contributed by atoms with Crippen molar-refractivity contribution < 1.29 is 14.3 Å². The van der Waals surface area contributed by atoms with E-state index in [-0.39, 0.29) is 18.0 Å². The quantitative estimate of drug-likeness (QED) is 0.767. The molecule has 0 spiro atoms. The summed E-state index contributed by atoms with van der Waals surface area (Å²) in [6.07, 6.45) is 1.50. The smallest absolute Gasteiger partial charge is 0.410 e. The predicted octanol–water partition coefficient (Wildman–Crippen LogP) is 4.56. The Morgan fingerprint density at radius 2 is 1.93 bits per heavy atom. The molecule has 1 fully saturated rings. The van der Waals surface area contributed by atoms with E-state index in [0.717, 1.165) is 16.3 Å². The number of nitrogens with zero attached hydrogens (tertiary/aromatic N) is 2. The van der Waals surface area contributed by atoms with E-state index in [4.69, 9.17) is 4.74 Å². The average Bonchev–Trinajstić information content (AvgIpc) is 2.65. The molecular weight excluding hydrogens is 352 g/mol. The summed E-state index contributed by atoms with van der Waals surface area (Å²) in [6, 6.07) is 11.7. The van der Waals surface area contributed by atoms with Crippen molar-refractivity contribution in [2.24, 2.45) is 0 Å². The topological polar surface area (TPSA) is 49.9 Å². The highest BCUT2D eigenvalue weighted by Crippen LogP contribution is 2.23. The summed E-state index contributed by atoms with van der Waals surface area (Å²) < 4.78 is 5.45. The van der Waals surface area contributed by atoms with Crippen molar-refractivity contribution >= 4 is 28.8 Å². The van der Waals surface area contributed by atoms with Gasteiger partial charge in [-0.1, -0.05) is 36.9 Å². The largest absolute Gasteiger partial charge is 0.444 e. The molecule has 1 heterocycles. The molecule has 1 saturated heterocycles. The summed E-state index contributed by atoms with van der Waals surface area (Å²) in [5.41, 5.74) is 1.19. The maximum absolute atomic E-state index is 13.1. The highest BCUT2D eigenvalue weighted by atomic mass is 16.6. The summed E-state index contributed by atoms with van der Waals surface area (Å²) in [7, 11) is 0. The van der Waals surface area contributed by atoms with Crippen LogP contribution in [-0.4, -0.2) is 53.1 Å². The lowest BCUT2D eigenvalue weighted by Gasteiger charge is -2.40. The molecule has 0 radical (unpaired) electrons. The molecule has 3 rings (SSSR count). The fourth-order valence-electron chi connectivity index (χ4n) is 3.54. The minimum atomic E-state index is -0.525. The SMILES string of the molecule is C=Cc1cccc2cc(C(=O)N3CCN(C(=O)OC(C)(C)C)C[C@H]3C)ccc12. The van der Waals surface area contributed by atoms with E-state index in [1.54, 1.807) is 4.90 Å². The molecule has 1 aliphatic heterocycles. The van der Waals surface area contributed by atoms with Crippen LogP contribution in [0.1, 0.15) is 43.6 Å². The number of hydrogen-bond acceptors (Lipinski definition) is 3.